The number of carbonyl (C=O) groups excluding carboxylic acids is 2. The fourth-order valence-electron chi connectivity index (χ4n) is 1.03. The molecule has 1 aromatic rings. The number of carbonyl (C=O) groups is 2. The molecule has 19 heavy (non-hydrogen) atoms. The predicted octanol–water partition coefficient (Wildman–Crippen LogP) is -3.13. The molecule has 0 aromatic carbocycles. The molecule has 7 nitrogen and oxygen atoms in total. The summed E-state index contributed by atoms with van der Waals surface area (Å²) < 4.78 is 5.02. The molecular formula is C11H14LiN3O4. The van der Waals surface area contributed by atoms with Crippen LogP contribution in [0.1, 0.15) is 37.0 Å². The van der Waals surface area contributed by atoms with E-state index in [2.05, 4.69) is 15.3 Å². The van der Waals surface area contributed by atoms with E-state index in [1.54, 1.807) is 20.8 Å². The fourth-order valence-corrected chi connectivity index (χ4v) is 1.03. The first kappa shape index (κ1) is 17.4. The van der Waals surface area contributed by atoms with Crippen molar-refractivity contribution < 1.29 is 38.3 Å². The Labute approximate surface area is 123 Å². The van der Waals surface area contributed by atoms with Gasteiger partial charge < -0.3 is 20.0 Å². The minimum absolute atomic E-state index is 0. The smallest absolute Gasteiger partial charge is 0.543 e. The van der Waals surface area contributed by atoms with E-state index in [1.807, 2.05) is 0 Å². The largest absolute Gasteiger partial charge is 1.00 e. The van der Waals surface area contributed by atoms with Gasteiger partial charge in [0.05, 0.1) is 30.6 Å². The van der Waals surface area contributed by atoms with E-state index in [9.17, 15) is 14.7 Å². The summed E-state index contributed by atoms with van der Waals surface area (Å²) in [5, 5.41) is 12.9. The number of nitrogens with zero attached hydrogens (tertiary/aromatic N) is 2. The Hall–Kier alpha value is -1.58. The van der Waals surface area contributed by atoms with E-state index in [0.717, 1.165) is 6.20 Å². The van der Waals surface area contributed by atoms with Gasteiger partial charge in [-0.25, -0.2) is 4.79 Å². The molecule has 0 aliphatic carbocycles. The summed E-state index contributed by atoms with van der Waals surface area (Å²) in [7, 11) is 0. The summed E-state index contributed by atoms with van der Waals surface area (Å²) in [6, 6.07) is 0. The van der Waals surface area contributed by atoms with Crippen molar-refractivity contribution in [3.63, 3.8) is 0 Å². The van der Waals surface area contributed by atoms with Crippen molar-refractivity contribution in [3.8, 4) is 0 Å². The van der Waals surface area contributed by atoms with Gasteiger partial charge >= 0.3 is 25.0 Å². The van der Waals surface area contributed by atoms with Crippen LogP contribution in [0.2, 0.25) is 0 Å². The Morgan fingerprint density at radius 3 is 2.37 bits per heavy atom. The normalized spacial score (nSPS) is 10.3. The second-order valence-electron chi connectivity index (χ2n) is 4.54. The third-order valence-electron chi connectivity index (χ3n) is 1.73. The first-order valence-corrected chi connectivity index (χ1v) is 5.27. The van der Waals surface area contributed by atoms with E-state index < -0.39 is 17.7 Å². The maximum atomic E-state index is 11.3. The van der Waals surface area contributed by atoms with Crippen LogP contribution in [0.3, 0.4) is 0 Å². The molecule has 0 saturated heterocycles. The van der Waals surface area contributed by atoms with Gasteiger partial charge in [-0.15, -0.1) is 0 Å². The van der Waals surface area contributed by atoms with Crippen molar-refractivity contribution >= 4 is 12.1 Å². The molecule has 0 fully saturated rings. The molecule has 1 amide bonds. The Bertz CT molecular complexity index is 442. The second-order valence-corrected chi connectivity index (χ2v) is 4.54. The van der Waals surface area contributed by atoms with Crippen LogP contribution in [0.4, 0.5) is 4.79 Å². The number of nitrogens with one attached hydrogen (secondary N) is 1. The number of aromatic nitrogens is 2. The van der Waals surface area contributed by atoms with E-state index in [-0.39, 0.29) is 31.1 Å². The number of alkyl carbamates (subject to hydrolysis) is 1. The van der Waals surface area contributed by atoms with Gasteiger partial charge in [-0.05, 0) is 20.8 Å². The standard InChI is InChI=1S/C11H15N3O4.Li/c1-11(2,3)18-10(17)14-5-7-4-13-8(6-12-7)9(15)16;/h4,6H,5H2,1-3H3,(H,14,17)(H,15,16);/q;+1/p-1. The summed E-state index contributed by atoms with van der Waals surface area (Å²) in [6.45, 7) is 5.36. The summed E-state index contributed by atoms with van der Waals surface area (Å²) in [4.78, 5) is 29.2. The quantitative estimate of drug-likeness (QED) is 0.575. The van der Waals surface area contributed by atoms with Gasteiger partial charge in [-0.1, -0.05) is 0 Å². The van der Waals surface area contributed by atoms with Crippen LogP contribution in [-0.2, 0) is 11.3 Å². The molecule has 1 N–H and O–H groups in total. The van der Waals surface area contributed by atoms with E-state index in [4.69, 9.17) is 4.74 Å². The predicted molar refractivity (Wildman–Crippen MR) is 59.4 cm³/mol. The number of amides is 1. The monoisotopic (exact) mass is 259 g/mol. The van der Waals surface area contributed by atoms with E-state index >= 15 is 0 Å². The van der Waals surface area contributed by atoms with Crippen LogP contribution in [0.25, 0.3) is 0 Å². The molecule has 0 bridgehead atoms. The molecule has 1 rings (SSSR count). The molecule has 0 atom stereocenters. The molecule has 1 aromatic heterocycles. The zero-order valence-electron chi connectivity index (χ0n) is 11.4. The van der Waals surface area contributed by atoms with Crippen LogP contribution in [0.5, 0.6) is 0 Å². The minimum atomic E-state index is -1.39. The number of aromatic carboxylic acids is 1. The van der Waals surface area contributed by atoms with Gasteiger partial charge in [0.15, 0.2) is 0 Å². The summed E-state index contributed by atoms with van der Waals surface area (Å²) in [6.07, 6.45) is 1.75. The molecular weight excluding hydrogens is 245 g/mol. The summed E-state index contributed by atoms with van der Waals surface area (Å²) in [5.74, 6) is -1.39. The molecule has 98 valence electrons. The van der Waals surface area contributed by atoms with Crippen molar-refractivity contribution in [1.29, 1.82) is 0 Å². The van der Waals surface area contributed by atoms with Crippen LogP contribution in [-0.4, -0.2) is 27.6 Å². The Balaban J connectivity index is 0.00000324. The van der Waals surface area contributed by atoms with Gasteiger partial charge in [0, 0.05) is 0 Å². The Morgan fingerprint density at radius 2 is 1.95 bits per heavy atom. The van der Waals surface area contributed by atoms with Gasteiger partial charge in [0.1, 0.15) is 11.3 Å². The van der Waals surface area contributed by atoms with Gasteiger partial charge in [-0.2, -0.15) is 0 Å². The summed E-state index contributed by atoms with van der Waals surface area (Å²) >= 11 is 0. The summed E-state index contributed by atoms with van der Waals surface area (Å²) in [5.41, 5.74) is -0.406. The van der Waals surface area contributed by atoms with Gasteiger partial charge in [0.25, 0.3) is 0 Å². The molecule has 0 spiro atoms. The Morgan fingerprint density at radius 1 is 1.32 bits per heavy atom. The first-order chi connectivity index (χ1) is 8.28. The number of hydrogen-bond donors (Lipinski definition) is 1. The average Bonchev–Trinajstić information content (AvgIpc) is 2.24. The number of rotatable bonds is 3. The van der Waals surface area contributed by atoms with Crippen molar-refractivity contribution in [1.82, 2.24) is 15.3 Å². The molecule has 0 unspecified atom stereocenters. The van der Waals surface area contributed by atoms with E-state index in [1.165, 1.54) is 6.20 Å². The van der Waals surface area contributed by atoms with Crippen molar-refractivity contribution in [2.24, 2.45) is 0 Å². The van der Waals surface area contributed by atoms with Crippen LogP contribution >= 0.6 is 0 Å². The van der Waals surface area contributed by atoms with Crippen molar-refractivity contribution in [2.75, 3.05) is 0 Å². The number of carboxylic acids is 1. The number of ether oxygens (including phenoxy) is 1. The Kier molecular flexibility index (Phi) is 6.52. The SMILES string of the molecule is CC(C)(C)OC(=O)NCc1cnc(C(=O)[O-])cn1.[Li+]. The van der Waals surface area contributed by atoms with Gasteiger partial charge in [0.2, 0.25) is 0 Å². The zero-order valence-corrected chi connectivity index (χ0v) is 11.4. The first-order valence-electron chi connectivity index (χ1n) is 5.27. The second kappa shape index (κ2) is 7.12. The molecule has 0 aliphatic rings. The van der Waals surface area contributed by atoms with Crippen LogP contribution < -0.4 is 29.3 Å². The molecule has 8 heteroatoms. The number of hydrogen-bond acceptors (Lipinski definition) is 6. The number of carboxylic acid groups (broad SMARTS) is 1. The molecule has 0 radical (unpaired) electrons. The maximum absolute atomic E-state index is 11.3. The molecule has 0 saturated carbocycles. The van der Waals surface area contributed by atoms with Gasteiger partial charge in [-0.3, -0.25) is 9.97 Å². The zero-order chi connectivity index (χ0) is 13.8. The molecule has 0 aliphatic heterocycles. The van der Waals surface area contributed by atoms with Crippen molar-refractivity contribution in [3.05, 3.63) is 23.8 Å². The van der Waals surface area contributed by atoms with Crippen molar-refractivity contribution in [2.45, 2.75) is 32.9 Å². The van der Waals surface area contributed by atoms with Crippen LogP contribution in [0, 0.1) is 0 Å². The third kappa shape index (κ3) is 6.79. The third-order valence-corrected chi connectivity index (χ3v) is 1.73. The minimum Gasteiger partial charge on any atom is -0.543 e. The fraction of sp³-hybridized carbons (Fsp3) is 0.455. The van der Waals surface area contributed by atoms with Crippen LogP contribution in [0.15, 0.2) is 12.4 Å². The molecule has 1 heterocycles. The van der Waals surface area contributed by atoms with E-state index in [0.29, 0.717) is 5.69 Å². The maximum Gasteiger partial charge on any atom is 1.00 e. The average molecular weight is 259 g/mol. The topological polar surface area (TPSA) is 104 Å².